The number of fused-ring (bicyclic) bond motifs is 1. The molecule has 2 rings (SSSR count). The Bertz CT molecular complexity index is 616. The van der Waals surface area contributed by atoms with Crippen molar-refractivity contribution in [3.8, 4) is 0 Å². The summed E-state index contributed by atoms with van der Waals surface area (Å²) in [6.07, 6.45) is 3.48. The van der Waals surface area contributed by atoms with Gasteiger partial charge >= 0.3 is 0 Å². The Balaban J connectivity index is 1.93. The number of anilines is 1. The Hall–Kier alpha value is -1.40. The largest absolute Gasteiger partial charge is 0.417 e. The molecule has 0 atom stereocenters. The Labute approximate surface area is 127 Å². The van der Waals surface area contributed by atoms with E-state index in [1.54, 1.807) is 6.20 Å². The van der Waals surface area contributed by atoms with Gasteiger partial charge in [0.25, 0.3) is 0 Å². The van der Waals surface area contributed by atoms with Crippen molar-refractivity contribution in [1.82, 2.24) is 15.2 Å². The highest BCUT2D eigenvalue weighted by atomic mass is 28.4. The van der Waals surface area contributed by atoms with E-state index in [1.165, 1.54) is 0 Å². The van der Waals surface area contributed by atoms with Crippen molar-refractivity contribution in [3.63, 3.8) is 0 Å². The maximum absolute atomic E-state index is 6.19. The molecule has 0 aliphatic carbocycles. The molecular weight excluding hydrogens is 280 g/mol. The molecule has 3 N–H and O–H groups in total. The van der Waals surface area contributed by atoms with E-state index in [0.29, 0.717) is 5.69 Å². The lowest BCUT2D eigenvalue weighted by molar-refractivity contribution is 0.282. The van der Waals surface area contributed by atoms with Gasteiger partial charge in [0.15, 0.2) is 14.0 Å². The van der Waals surface area contributed by atoms with Crippen molar-refractivity contribution in [1.29, 1.82) is 0 Å². The summed E-state index contributed by atoms with van der Waals surface area (Å²) in [5.74, 6) is 0. The van der Waals surface area contributed by atoms with E-state index in [0.717, 1.165) is 36.2 Å². The topological polar surface area (TPSA) is 76.8 Å². The molecule has 2 heterocycles. The third-order valence-electron chi connectivity index (χ3n) is 4.34. The number of aromatic nitrogens is 3. The molecule has 0 bridgehead atoms. The first kappa shape index (κ1) is 16.0. The molecule has 0 fully saturated rings. The van der Waals surface area contributed by atoms with Crippen LogP contribution in [0.3, 0.4) is 0 Å². The summed E-state index contributed by atoms with van der Waals surface area (Å²) in [7, 11) is -1.65. The number of hydrogen-bond acceptors (Lipinski definition) is 4. The second kappa shape index (κ2) is 5.77. The molecule has 0 unspecified atom stereocenters. The summed E-state index contributed by atoms with van der Waals surface area (Å²) in [4.78, 5) is 4.23. The first-order chi connectivity index (χ1) is 9.71. The molecule has 0 amide bonds. The minimum absolute atomic E-state index is 0.254. The minimum atomic E-state index is -1.65. The summed E-state index contributed by atoms with van der Waals surface area (Å²) >= 11 is 0. The fraction of sp³-hybridized carbons (Fsp3) is 0.600. The van der Waals surface area contributed by atoms with Gasteiger partial charge in [0.05, 0.1) is 17.6 Å². The number of rotatable bonds is 5. The number of pyridine rings is 1. The second-order valence-corrected chi connectivity index (χ2v) is 11.9. The van der Waals surface area contributed by atoms with E-state index < -0.39 is 8.32 Å². The quantitative estimate of drug-likeness (QED) is 0.655. The fourth-order valence-corrected chi connectivity index (χ4v) is 3.03. The predicted octanol–water partition coefficient (Wildman–Crippen LogP) is 3.49. The molecule has 0 aromatic carbocycles. The van der Waals surface area contributed by atoms with Gasteiger partial charge in [0.2, 0.25) is 0 Å². The van der Waals surface area contributed by atoms with Crippen LogP contribution in [-0.4, -0.2) is 30.1 Å². The average molecular weight is 306 g/mol. The Morgan fingerprint density at radius 3 is 2.71 bits per heavy atom. The van der Waals surface area contributed by atoms with Gasteiger partial charge in [-0.1, -0.05) is 20.8 Å². The number of hydrogen-bond donors (Lipinski definition) is 2. The maximum atomic E-state index is 6.19. The highest BCUT2D eigenvalue weighted by Gasteiger charge is 2.36. The molecule has 6 heteroatoms. The number of aromatic amines is 1. The summed E-state index contributed by atoms with van der Waals surface area (Å²) in [6.45, 7) is 12.1. The van der Waals surface area contributed by atoms with E-state index in [2.05, 4.69) is 49.0 Å². The molecule has 0 aliphatic rings. The van der Waals surface area contributed by atoms with Crippen molar-refractivity contribution < 1.29 is 4.43 Å². The Kier molecular flexibility index (Phi) is 4.39. The number of nitrogen functional groups attached to an aromatic ring is 1. The number of nitrogens with zero attached hydrogens (tertiary/aromatic N) is 2. The van der Waals surface area contributed by atoms with E-state index in [-0.39, 0.29) is 5.04 Å². The molecule has 0 saturated heterocycles. The van der Waals surface area contributed by atoms with Crippen molar-refractivity contribution in [2.75, 3.05) is 12.3 Å². The number of H-pyrrole nitrogens is 1. The number of nitrogens with one attached hydrogen (secondary N) is 1. The van der Waals surface area contributed by atoms with Crippen molar-refractivity contribution in [3.05, 3.63) is 18.0 Å². The first-order valence-electron chi connectivity index (χ1n) is 7.43. The van der Waals surface area contributed by atoms with Crippen LogP contribution in [0.15, 0.2) is 12.3 Å². The smallest absolute Gasteiger partial charge is 0.191 e. The van der Waals surface area contributed by atoms with Crippen LogP contribution in [0.5, 0.6) is 0 Å². The van der Waals surface area contributed by atoms with Crippen LogP contribution in [0.4, 0.5) is 5.69 Å². The highest BCUT2D eigenvalue weighted by molar-refractivity contribution is 6.74. The summed E-state index contributed by atoms with van der Waals surface area (Å²) in [6, 6.07) is 1.93. The second-order valence-electron chi connectivity index (χ2n) is 7.05. The van der Waals surface area contributed by atoms with Crippen LogP contribution < -0.4 is 5.73 Å². The number of nitrogens with two attached hydrogens (primary N) is 1. The average Bonchev–Trinajstić information content (AvgIpc) is 2.76. The lowest BCUT2D eigenvalue weighted by Gasteiger charge is -2.36. The zero-order valence-corrected chi connectivity index (χ0v) is 14.7. The minimum Gasteiger partial charge on any atom is -0.417 e. The highest BCUT2D eigenvalue weighted by Crippen LogP contribution is 2.36. The molecule has 0 aliphatic heterocycles. The predicted molar refractivity (Wildman–Crippen MR) is 89.8 cm³/mol. The third kappa shape index (κ3) is 3.62. The molecule has 21 heavy (non-hydrogen) atoms. The zero-order chi connectivity index (χ0) is 15.7. The molecule has 2 aromatic rings. The first-order valence-corrected chi connectivity index (χ1v) is 10.3. The van der Waals surface area contributed by atoms with Crippen LogP contribution in [-0.2, 0) is 10.8 Å². The summed E-state index contributed by atoms with van der Waals surface area (Å²) < 4.78 is 6.19. The maximum Gasteiger partial charge on any atom is 0.191 e. The number of aryl methyl sites for hydroxylation is 1. The van der Waals surface area contributed by atoms with E-state index in [1.807, 2.05) is 6.07 Å². The zero-order valence-electron chi connectivity index (χ0n) is 13.7. The van der Waals surface area contributed by atoms with Gasteiger partial charge in [-0.3, -0.25) is 5.10 Å². The van der Waals surface area contributed by atoms with Crippen LogP contribution in [0.2, 0.25) is 18.1 Å². The van der Waals surface area contributed by atoms with E-state index in [4.69, 9.17) is 10.2 Å². The molecule has 0 saturated carbocycles. The monoisotopic (exact) mass is 306 g/mol. The van der Waals surface area contributed by atoms with Crippen molar-refractivity contribution in [2.45, 2.75) is 51.7 Å². The van der Waals surface area contributed by atoms with E-state index >= 15 is 0 Å². The van der Waals surface area contributed by atoms with Gasteiger partial charge in [-0.05, 0) is 37.0 Å². The molecule has 2 aromatic heterocycles. The fourth-order valence-electron chi connectivity index (χ4n) is 1.94. The summed E-state index contributed by atoms with van der Waals surface area (Å²) in [5, 5.41) is 8.55. The molecule has 0 spiro atoms. The third-order valence-corrected chi connectivity index (χ3v) is 8.88. The van der Waals surface area contributed by atoms with Gasteiger partial charge in [-0.25, -0.2) is 4.98 Å². The van der Waals surface area contributed by atoms with Gasteiger partial charge in [-0.2, -0.15) is 5.10 Å². The van der Waals surface area contributed by atoms with Crippen LogP contribution in [0, 0.1) is 0 Å². The van der Waals surface area contributed by atoms with E-state index in [9.17, 15) is 0 Å². The van der Waals surface area contributed by atoms with Gasteiger partial charge < -0.3 is 10.2 Å². The molecule has 116 valence electrons. The van der Waals surface area contributed by atoms with Crippen molar-refractivity contribution in [2.24, 2.45) is 0 Å². The Morgan fingerprint density at radius 1 is 1.33 bits per heavy atom. The van der Waals surface area contributed by atoms with Gasteiger partial charge in [0, 0.05) is 12.0 Å². The van der Waals surface area contributed by atoms with Gasteiger partial charge in [-0.15, -0.1) is 0 Å². The van der Waals surface area contributed by atoms with Crippen LogP contribution in [0.1, 0.15) is 32.9 Å². The summed E-state index contributed by atoms with van der Waals surface area (Å²) in [5.41, 5.74) is 8.27. The standard InChI is InChI=1S/C15H26N4OSi/c1-15(2,3)21(4,5)20-8-6-7-13-12-9-11(16)10-17-14(12)19-18-13/h9-10H,6-8,16H2,1-5H3,(H,17,18,19). The molecule has 5 nitrogen and oxygen atoms in total. The lowest BCUT2D eigenvalue weighted by Crippen LogP contribution is -2.41. The normalized spacial score (nSPS) is 13.0. The lowest BCUT2D eigenvalue weighted by atomic mass is 10.2. The van der Waals surface area contributed by atoms with Gasteiger partial charge in [0.1, 0.15) is 0 Å². The molecule has 0 radical (unpaired) electrons. The van der Waals surface area contributed by atoms with Crippen LogP contribution >= 0.6 is 0 Å². The SMILES string of the molecule is CC(C)(C)[Si](C)(C)OCCCc1n[nH]c2ncc(N)cc12. The van der Waals surface area contributed by atoms with Crippen molar-refractivity contribution >= 4 is 25.0 Å². The van der Waals surface area contributed by atoms with Crippen LogP contribution in [0.25, 0.3) is 11.0 Å². The molecular formula is C15H26N4OSi. The Morgan fingerprint density at radius 2 is 2.05 bits per heavy atom.